The lowest BCUT2D eigenvalue weighted by Gasteiger charge is -2.13. The summed E-state index contributed by atoms with van der Waals surface area (Å²) >= 11 is 7.45. The van der Waals surface area contributed by atoms with Crippen molar-refractivity contribution in [1.82, 2.24) is 9.55 Å². The highest BCUT2D eigenvalue weighted by Gasteiger charge is 2.13. The molecule has 0 aliphatic carbocycles. The molecule has 8 heteroatoms. The summed E-state index contributed by atoms with van der Waals surface area (Å²) in [6.07, 6.45) is 1.38. The number of para-hydroxylation sites is 1. The van der Waals surface area contributed by atoms with Gasteiger partial charge in [0.1, 0.15) is 17.1 Å². The van der Waals surface area contributed by atoms with Crippen molar-refractivity contribution < 1.29 is 9.53 Å². The number of carbonyl (C=O) groups is 1. The van der Waals surface area contributed by atoms with Crippen LogP contribution < -0.4 is 15.6 Å². The van der Waals surface area contributed by atoms with Crippen molar-refractivity contribution in [2.45, 2.75) is 6.54 Å². The van der Waals surface area contributed by atoms with Gasteiger partial charge in [-0.2, -0.15) is 0 Å². The van der Waals surface area contributed by atoms with E-state index in [0.29, 0.717) is 32.4 Å². The Labute approximate surface area is 169 Å². The number of halogens is 1. The highest BCUT2D eigenvalue weighted by Crippen LogP contribution is 2.32. The third-order valence-electron chi connectivity index (χ3n) is 3.95. The second kappa shape index (κ2) is 7.84. The zero-order valence-electron chi connectivity index (χ0n) is 14.5. The van der Waals surface area contributed by atoms with Gasteiger partial charge in [-0.05, 0) is 41.8 Å². The number of fused-ring (bicyclic) bond motifs is 1. The fraction of sp³-hybridized carbons (Fsp3) is 0.0500. The molecule has 0 fully saturated rings. The standard InChI is InChI=1S/C20H14ClN3O3S/c21-13-6-7-17(27-14-4-2-1-3-5-14)16(10-13)23-18(25)11-24-12-22-19-15(20(24)26)8-9-28-19/h1-10,12H,11H2,(H,23,25). The van der Waals surface area contributed by atoms with Crippen molar-refractivity contribution in [3.05, 3.63) is 81.7 Å². The van der Waals surface area contributed by atoms with Gasteiger partial charge >= 0.3 is 0 Å². The fourth-order valence-corrected chi connectivity index (χ4v) is 3.55. The van der Waals surface area contributed by atoms with Gasteiger partial charge in [0.2, 0.25) is 5.91 Å². The van der Waals surface area contributed by atoms with Gasteiger partial charge in [0.25, 0.3) is 5.56 Å². The summed E-state index contributed by atoms with van der Waals surface area (Å²) in [4.78, 5) is 29.8. The Morgan fingerprint density at radius 3 is 2.82 bits per heavy atom. The molecule has 0 aliphatic heterocycles. The topological polar surface area (TPSA) is 73.2 Å². The van der Waals surface area contributed by atoms with Crippen LogP contribution in [0.25, 0.3) is 10.2 Å². The molecule has 6 nitrogen and oxygen atoms in total. The maximum Gasteiger partial charge on any atom is 0.262 e. The molecular formula is C20H14ClN3O3S. The van der Waals surface area contributed by atoms with Crippen LogP contribution in [0, 0.1) is 0 Å². The van der Waals surface area contributed by atoms with Gasteiger partial charge < -0.3 is 10.1 Å². The fourth-order valence-electron chi connectivity index (χ4n) is 2.65. The zero-order chi connectivity index (χ0) is 19.5. The summed E-state index contributed by atoms with van der Waals surface area (Å²) in [5.41, 5.74) is 0.159. The number of anilines is 1. The SMILES string of the molecule is O=C(Cn1cnc2sccc2c1=O)Nc1cc(Cl)ccc1Oc1ccccc1. The van der Waals surface area contributed by atoms with Gasteiger partial charge in [0, 0.05) is 5.02 Å². The molecule has 0 saturated carbocycles. The Bertz CT molecular complexity index is 1200. The van der Waals surface area contributed by atoms with E-state index in [-0.39, 0.29) is 12.1 Å². The zero-order valence-corrected chi connectivity index (χ0v) is 16.0. The van der Waals surface area contributed by atoms with Crippen LogP contribution >= 0.6 is 22.9 Å². The second-order valence-corrected chi connectivity index (χ2v) is 7.25. The van der Waals surface area contributed by atoms with Crippen LogP contribution in [-0.2, 0) is 11.3 Å². The number of thiophene rings is 1. The van der Waals surface area contributed by atoms with Gasteiger partial charge in [-0.1, -0.05) is 29.8 Å². The number of nitrogens with zero attached hydrogens (tertiary/aromatic N) is 2. The number of benzene rings is 2. The average molecular weight is 412 g/mol. The minimum absolute atomic E-state index is 0.172. The molecule has 0 atom stereocenters. The van der Waals surface area contributed by atoms with E-state index >= 15 is 0 Å². The first-order chi connectivity index (χ1) is 13.6. The molecule has 2 heterocycles. The number of rotatable bonds is 5. The molecule has 0 spiro atoms. The Kier molecular flexibility index (Phi) is 5.10. The maximum absolute atomic E-state index is 12.5. The second-order valence-electron chi connectivity index (χ2n) is 5.92. The van der Waals surface area contributed by atoms with E-state index in [0.717, 1.165) is 0 Å². The van der Waals surface area contributed by atoms with Crippen molar-refractivity contribution >= 4 is 44.7 Å². The van der Waals surface area contributed by atoms with E-state index in [9.17, 15) is 9.59 Å². The normalized spacial score (nSPS) is 10.8. The van der Waals surface area contributed by atoms with Crippen LogP contribution in [0.1, 0.15) is 0 Å². The molecule has 0 unspecified atom stereocenters. The Balaban J connectivity index is 1.56. The summed E-state index contributed by atoms with van der Waals surface area (Å²) in [5, 5.41) is 5.50. The predicted molar refractivity (Wildman–Crippen MR) is 110 cm³/mol. The highest BCUT2D eigenvalue weighted by atomic mass is 35.5. The third kappa shape index (κ3) is 3.90. The quantitative estimate of drug-likeness (QED) is 0.523. The molecule has 2 aromatic carbocycles. The Morgan fingerprint density at radius 1 is 1.18 bits per heavy atom. The molecule has 0 aliphatic rings. The van der Waals surface area contributed by atoms with Gasteiger partial charge in [-0.15, -0.1) is 11.3 Å². The number of nitrogens with one attached hydrogen (secondary N) is 1. The van der Waals surface area contributed by atoms with Crippen LogP contribution in [-0.4, -0.2) is 15.5 Å². The lowest BCUT2D eigenvalue weighted by Crippen LogP contribution is -2.27. The monoisotopic (exact) mass is 411 g/mol. The van der Waals surface area contributed by atoms with Gasteiger partial charge in [-0.25, -0.2) is 4.98 Å². The van der Waals surface area contributed by atoms with Gasteiger partial charge in [-0.3, -0.25) is 14.2 Å². The molecule has 4 rings (SSSR count). The van der Waals surface area contributed by atoms with E-state index in [1.165, 1.54) is 22.2 Å². The van der Waals surface area contributed by atoms with Crippen LogP contribution in [0.2, 0.25) is 5.02 Å². The summed E-state index contributed by atoms with van der Waals surface area (Å²) in [7, 11) is 0. The van der Waals surface area contributed by atoms with Crippen molar-refractivity contribution in [3.8, 4) is 11.5 Å². The van der Waals surface area contributed by atoms with E-state index in [1.807, 2.05) is 30.3 Å². The van der Waals surface area contributed by atoms with E-state index in [1.54, 1.807) is 29.6 Å². The van der Waals surface area contributed by atoms with Crippen molar-refractivity contribution in [1.29, 1.82) is 0 Å². The minimum atomic E-state index is -0.390. The first kappa shape index (κ1) is 18.2. The first-order valence-corrected chi connectivity index (χ1v) is 9.61. The molecule has 140 valence electrons. The largest absolute Gasteiger partial charge is 0.455 e. The summed E-state index contributed by atoms with van der Waals surface area (Å²) in [5.74, 6) is 0.685. The van der Waals surface area contributed by atoms with Crippen molar-refractivity contribution in [3.63, 3.8) is 0 Å². The average Bonchev–Trinajstić information content (AvgIpc) is 3.17. The van der Waals surface area contributed by atoms with Crippen molar-refractivity contribution in [2.24, 2.45) is 0 Å². The third-order valence-corrected chi connectivity index (χ3v) is 5.01. The number of hydrogen-bond acceptors (Lipinski definition) is 5. The number of ether oxygens (including phenoxy) is 1. The number of hydrogen-bond donors (Lipinski definition) is 1. The molecule has 4 aromatic rings. The first-order valence-electron chi connectivity index (χ1n) is 8.35. The molecule has 0 radical (unpaired) electrons. The number of carbonyl (C=O) groups excluding carboxylic acids is 1. The Morgan fingerprint density at radius 2 is 2.00 bits per heavy atom. The molecule has 1 N–H and O–H groups in total. The number of aromatic nitrogens is 2. The predicted octanol–water partition coefficient (Wildman–Crippen LogP) is 4.54. The summed E-state index contributed by atoms with van der Waals surface area (Å²) in [6.45, 7) is -0.172. The molecule has 28 heavy (non-hydrogen) atoms. The summed E-state index contributed by atoms with van der Waals surface area (Å²) in [6, 6.07) is 15.8. The number of amides is 1. The molecule has 0 bridgehead atoms. The maximum atomic E-state index is 12.5. The van der Waals surface area contributed by atoms with Crippen LogP contribution in [0.3, 0.4) is 0 Å². The molecule has 2 aromatic heterocycles. The van der Waals surface area contributed by atoms with E-state index < -0.39 is 5.91 Å². The van der Waals surface area contributed by atoms with Crippen molar-refractivity contribution in [2.75, 3.05) is 5.32 Å². The van der Waals surface area contributed by atoms with Crippen LogP contribution in [0.5, 0.6) is 11.5 Å². The highest BCUT2D eigenvalue weighted by molar-refractivity contribution is 7.16. The van der Waals surface area contributed by atoms with E-state index in [4.69, 9.17) is 16.3 Å². The lowest BCUT2D eigenvalue weighted by atomic mass is 10.2. The summed E-state index contributed by atoms with van der Waals surface area (Å²) < 4.78 is 7.10. The van der Waals surface area contributed by atoms with Gasteiger partial charge in [0.05, 0.1) is 17.4 Å². The molecule has 0 saturated heterocycles. The van der Waals surface area contributed by atoms with Crippen LogP contribution in [0.15, 0.2) is 71.1 Å². The van der Waals surface area contributed by atoms with Gasteiger partial charge in [0.15, 0.2) is 5.75 Å². The molecule has 1 amide bonds. The van der Waals surface area contributed by atoms with Crippen LogP contribution in [0.4, 0.5) is 5.69 Å². The smallest absolute Gasteiger partial charge is 0.262 e. The Hall–Kier alpha value is -3.16. The minimum Gasteiger partial charge on any atom is -0.455 e. The van der Waals surface area contributed by atoms with E-state index in [2.05, 4.69) is 10.3 Å². The lowest BCUT2D eigenvalue weighted by molar-refractivity contribution is -0.116. The molecular weight excluding hydrogens is 398 g/mol.